The zero-order valence-electron chi connectivity index (χ0n) is 22.0. The molecular formula is C26H35N3O6S2. The normalized spacial score (nSPS) is 12.6. The number of carbonyl (C=O) groups excluding carboxylic acids is 1. The van der Waals surface area contributed by atoms with Crippen LogP contribution >= 0.6 is 11.3 Å². The molecule has 0 fully saturated rings. The summed E-state index contributed by atoms with van der Waals surface area (Å²) in [5, 5.41) is 0. The van der Waals surface area contributed by atoms with Crippen LogP contribution in [-0.4, -0.2) is 76.9 Å². The average Bonchev–Trinajstić information content (AvgIpc) is 3.21. The quantitative estimate of drug-likeness (QED) is 0.303. The topological polar surface area (TPSA) is 99.4 Å². The first-order valence-electron chi connectivity index (χ1n) is 12.1. The van der Waals surface area contributed by atoms with Gasteiger partial charge in [-0.3, -0.25) is 4.79 Å². The fraction of sp³-hybridized carbons (Fsp3) is 0.462. The Morgan fingerprint density at radius 3 is 2.27 bits per heavy atom. The summed E-state index contributed by atoms with van der Waals surface area (Å²) in [6, 6.07) is 10.1. The molecule has 3 aromatic rings. The number of hydrogen-bond acceptors (Lipinski definition) is 7. The molecule has 2 aromatic carbocycles. The maximum Gasteiger partial charge on any atom is 0.279 e. The largest absolute Gasteiger partial charge is 0.383 e. The van der Waals surface area contributed by atoms with E-state index in [1.165, 1.54) is 54.1 Å². The van der Waals surface area contributed by atoms with Crippen molar-refractivity contribution in [3.63, 3.8) is 0 Å². The molecular weight excluding hydrogens is 514 g/mol. The van der Waals surface area contributed by atoms with Crippen LogP contribution in [0.15, 0.2) is 46.3 Å². The van der Waals surface area contributed by atoms with Gasteiger partial charge in [0.25, 0.3) is 5.91 Å². The number of ether oxygens (including phenoxy) is 3. The molecule has 1 amide bonds. The highest BCUT2D eigenvalue weighted by atomic mass is 32.2. The van der Waals surface area contributed by atoms with Gasteiger partial charge in [0.2, 0.25) is 10.0 Å². The molecule has 0 spiro atoms. The van der Waals surface area contributed by atoms with Crippen LogP contribution in [0, 0.1) is 13.8 Å². The van der Waals surface area contributed by atoms with Crippen molar-refractivity contribution in [1.29, 1.82) is 0 Å². The van der Waals surface area contributed by atoms with Gasteiger partial charge >= 0.3 is 0 Å². The first-order chi connectivity index (χ1) is 17.7. The summed E-state index contributed by atoms with van der Waals surface area (Å²) in [6.45, 7) is 8.63. The van der Waals surface area contributed by atoms with Gasteiger partial charge < -0.3 is 18.8 Å². The van der Waals surface area contributed by atoms with Crippen LogP contribution in [0.1, 0.15) is 28.4 Å². The molecule has 0 saturated carbocycles. The summed E-state index contributed by atoms with van der Waals surface area (Å²) >= 11 is 1.45. The van der Waals surface area contributed by atoms with Crippen LogP contribution in [0.5, 0.6) is 0 Å². The molecule has 0 aliphatic heterocycles. The Balaban J connectivity index is 1.94. The number of carbonyl (C=O) groups is 1. The zero-order valence-corrected chi connectivity index (χ0v) is 23.7. The van der Waals surface area contributed by atoms with Crippen LogP contribution in [0.3, 0.4) is 0 Å². The van der Waals surface area contributed by atoms with E-state index in [0.717, 1.165) is 21.3 Å². The minimum absolute atomic E-state index is 0.0935. The van der Waals surface area contributed by atoms with Gasteiger partial charge in [-0.1, -0.05) is 17.4 Å². The molecule has 0 bridgehead atoms. The second-order valence-corrected chi connectivity index (χ2v) is 11.4. The summed E-state index contributed by atoms with van der Waals surface area (Å²) in [5.74, 6) is -0.439. The Hall–Kier alpha value is -2.41. The number of aryl methyl sites for hydroxylation is 2. The molecule has 0 saturated heterocycles. The van der Waals surface area contributed by atoms with Gasteiger partial charge in [-0.25, -0.2) is 8.42 Å². The molecule has 0 atom stereocenters. The highest BCUT2D eigenvalue weighted by Gasteiger charge is 2.24. The smallest absolute Gasteiger partial charge is 0.279 e. The molecule has 0 unspecified atom stereocenters. The van der Waals surface area contributed by atoms with E-state index in [9.17, 15) is 13.2 Å². The van der Waals surface area contributed by atoms with Crippen molar-refractivity contribution in [3.8, 4) is 0 Å². The Bertz CT molecular complexity index is 1370. The average molecular weight is 550 g/mol. The number of methoxy groups -OCH3 is 2. The molecule has 1 heterocycles. The van der Waals surface area contributed by atoms with Gasteiger partial charge in [-0.05, 0) is 62.2 Å². The van der Waals surface area contributed by atoms with Gasteiger partial charge in [0.1, 0.15) is 0 Å². The van der Waals surface area contributed by atoms with Crippen LogP contribution < -0.4 is 4.80 Å². The minimum atomic E-state index is -3.78. The van der Waals surface area contributed by atoms with Gasteiger partial charge in [0.15, 0.2) is 4.80 Å². The lowest BCUT2D eigenvalue weighted by atomic mass is 10.1. The number of hydrogen-bond donors (Lipinski definition) is 0. The number of benzene rings is 2. The zero-order chi connectivity index (χ0) is 27.0. The van der Waals surface area contributed by atoms with E-state index < -0.39 is 15.9 Å². The number of fused-ring (bicyclic) bond motifs is 1. The number of nitrogens with zero attached hydrogens (tertiary/aromatic N) is 3. The van der Waals surface area contributed by atoms with Crippen LogP contribution in [0.25, 0.3) is 10.2 Å². The maximum absolute atomic E-state index is 13.1. The van der Waals surface area contributed by atoms with Crippen molar-refractivity contribution >= 4 is 37.5 Å². The summed E-state index contributed by atoms with van der Waals surface area (Å²) in [6.07, 6.45) is 0. The van der Waals surface area contributed by atoms with Crippen molar-refractivity contribution in [2.75, 3.05) is 53.7 Å². The molecule has 37 heavy (non-hydrogen) atoms. The van der Waals surface area contributed by atoms with Crippen molar-refractivity contribution in [2.24, 2.45) is 4.99 Å². The lowest BCUT2D eigenvalue weighted by Crippen LogP contribution is -2.36. The van der Waals surface area contributed by atoms with Gasteiger partial charge in [-0.2, -0.15) is 9.30 Å². The predicted octanol–water partition coefficient (Wildman–Crippen LogP) is 3.38. The Labute approximate surface area is 222 Å². The second kappa shape index (κ2) is 13.4. The summed E-state index contributed by atoms with van der Waals surface area (Å²) in [4.78, 5) is 18.2. The highest BCUT2D eigenvalue weighted by Crippen LogP contribution is 2.23. The van der Waals surface area contributed by atoms with Crippen molar-refractivity contribution in [2.45, 2.75) is 32.2 Å². The lowest BCUT2D eigenvalue weighted by molar-refractivity contribution is 0.0996. The third-order valence-corrected chi connectivity index (χ3v) is 8.74. The van der Waals surface area contributed by atoms with E-state index in [1.54, 1.807) is 0 Å². The summed E-state index contributed by atoms with van der Waals surface area (Å²) in [7, 11) is -0.740. The molecule has 3 rings (SSSR count). The Morgan fingerprint density at radius 2 is 1.68 bits per heavy atom. The summed E-state index contributed by atoms with van der Waals surface area (Å²) in [5.41, 5.74) is 3.59. The Morgan fingerprint density at radius 1 is 1.03 bits per heavy atom. The van der Waals surface area contributed by atoms with Gasteiger partial charge in [0, 0.05) is 46.0 Å². The third kappa shape index (κ3) is 7.13. The van der Waals surface area contributed by atoms with Gasteiger partial charge in [0.05, 0.1) is 34.9 Å². The standard InChI is InChI=1S/C26H35N3O6S2/c1-6-35-16-13-29-24-20(3)17-19(2)18-23(24)36-26(29)27-25(30)21-7-9-22(10-8-21)37(31,32)28(11-14-33-4)12-15-34-5/h7-10,17-18H,6,11-16H2,1-5H3. The van der Waals surface area contributed by atoms with E-state index >= 15 is 0 Å². The number of sulfonamides is 1. The number of thiazole rings is 1. The fourth-order valence-electron chi connectivity index (χ4n) is 3.99. The molecule has 0 aliphatic rings. The van der Waals surface area contributed by atoms with Crippen molar-refractivity contribution < 1.29 is 27.4 Å². The molecule has 0 N–H and O–H groups in total. The SMILES string of the molecule is CCOCCn1c(=NC(=O)c2ccc(S(=O)(=O)N(CCOC)CCOC)cc2)sc2cc(C)cc(C)c21. The van der Waals surface area contributed by atoms with E-state index in [-0.39, 0.29) is 31.2 Å². The number of aromatic nitrogens is 1. The fourth-order valence-corrected chi connectivity index (χ4v) is 6.63. The molecule has 9 nitrogen and oxygen atoms in total. The van der Waals surface area contributed by atoms with Crippen molar-refractivity contribution in [3.05, 3.63) is 57.9 Å². The van der Waals surface area contributed by atoms with E-state index in [0.29, 0.717) is 30.1 Å². The molecule has 0 radical (unpaired) electrons. The summed E-state index contributed by atoms with van der Waals surface area (Å²) < 4.78 is 46.3. The van der Waals surface area contributed by atoms with Crippen molar-refractivity contribution in [1.82, 2.24) is 8.87 Å². The monoisotopic (exact) mass is 549 g/mol. The van der Waals surface area contributed by atoms with Crippen LogP contribution in [-0.2, 0) is 30.8 Å². The molecule has 1 aromatic heterocycles. The first kappa shape index (κ1) is 29.2. The van der Waals surface area contributed by atoms with Crippen LogP contribution in [0.4, 0.5) is 0 Å². The molecule has 11 heteroatoms. The number of amides is 1. The minimum Gasteiger partial charge on any atom is -0.383 e. The second-order valence-electron chi connectivity index (χ2n) is 8.49. The van der Waals surface area contributed by atoms with Gasteiger partial charge in [-0.15, -0.1) is 0 Å². The highest BCUT2D eigenvalue weighted by molar-refractivity contribution is 7.89. The predicted molar refractivity (Wildman–Crippen MR) is 145 cm³/mol. The molecule has 0 aliphatic carbocycles. The third-order valence-electron chi connectivity index (χ3n) is 5.80. The van der Waals surface area contributed by atoms with E-state index in [4.69, 9.17) is 14.2 Å². The Kier molecular flexibility index (Phi) is 10.6. The first-order valence-corrected chi connectivity index (χ1v) is 14.3. The van der Waals surface area contributed by atoms with E-state index in [1.807, 2.05) is 25.3 Å². The maximum atomic E-state index is 13.1. The number of rotatable bonds is 13. The molecule has 202 valence electrons. The van der Waals surface area contributed by atoms with Crippen LogP contribution in [0.2, 0.25) is 0 Å². The van der Waals surface area contributed by atoms with E-state index in [2.05, 4.69) is 17.1 Å². The lowest BCUT2D eigenvalue weighted by Gasteiger charge is -2.21.